The van der Waals surface area contributed by atoms with E-state index in [2.05, 4.69) is 4.98 Å². The zero-order valence-electron chi connectivity index (χ0n) is 9.85. The summed E-state index contributed by atoms with van der Waals surface area (Å²) in [4.78, 5) is 4.26. The van der Waals surface area contributed by atoms with Crippen molar-refractivity contribution in [2.75, 3.05) is 25.6 Å². The van der Waals surface area contributed by atoms with E-state index in [1.807, 2.05) is 31.2 Å². The number of aromatic nitrogens is 1. The predicted molar refractivity (Wildman–Crippen MR) is 68.1 cm³/mol. The highest BCUT2D eigenvalue weighted by Crippen LogP contribution is 2.25. The van der Waals surface area contributed by atoms with Crippen molar-refractivity contribution in [2.24, 2.45) is 0 Å². The van der Waals surface area contributed by atoms with Crippen molar-refractivity contribution in [3.8, 4) is 5.75 Å². The Labute approximate surface area is 100 Å². The van der Waals surface area contributed by atoms with Crippen LogP contribution in [0.15, 0.2) is 30.5 Å². The maximum absolute atomic E-state index is 5.71. The van der Waals surface area contributed by atoms with Gasteiger partial charge < -0.3 is 15.2 Å². The van der Waals surface area contributed by atoms with Gasteiger partial charge in [-0.1, -0.05) is 0 Å². The number of rotatable bonds is 5. The fourth-order valence-electron chi connectivity index (χ4n) is 1.62. The summed E-state index contributed by atoms with van der Waals surface area (Å²) in [6.45, 7) is 3.80. The highest BCUT2D eigenvalue weighted by molar-refractivity contribution is 5.87. The van der Waals surface area contributed by atoms with Crippen LogP contribution in [0.4, 0.5) is 5.69 Å². The van der Waals surface area contributed by atoms with Gasteiger partial charge in [-0.3, -0.25) is 4.98 Å². The summed E-state index contributed by atoms with van der Waals surface area (Å²) in [6.07, 6.45) is 1.72. The van der Waals surface area contributed by atoms with Crippen LogP contribution in [0.1, 0.15) is 6.92 Å². The van der Waals surface area contributed by atoms with Crippen molar-refractivity contribution < 1.29 is 9.47 Å². The summed E-state index contributed by atoms with van der Waals surface area (Å²) >= 11 is 0. The molecular formula is C13H16N2O2. The van der Waals surface area contributed by atoms with E-state index in [0.717, 1.165) is 16.7 Å². The van der Waals surface area contributed by atoms with Crippen LogP contribution in [0, 0.1) is 0 Å². The third kappa shape index (κ3) is 2.85. The largest absolute Gasteiger partial charge is 0.490 e. The Kier molecular flexibility index (Phi) is 3.77. The van der Waals surface area contributed by atoms with Gasteiger partial charge in [-0.05, 0) is 31.2 Å². The van der Waals surface area contributed by atoms with Gasteiger partial charge in [0.2, 0.25) is 0 Å². The Hall–Kier alpha value is -1.81. The van der Waals surface area contributed by atoms with Gasteiger partial charge in [0.05, 0.1) is 12.1 Å². The SMILES string of the molecule is CCOCCOc1ccnc2cc(N)ccc12. The van der Waals surface area contributed by atoms with E-state index >= 15 is 0 Å². The van der Waals surface area contributed by atoms with Crippen molar-refractivity contribution in [1.82, 2.24) is 4.98 Å². The van der Waals surface area contributed by atoms with E-state index in [1.54, 1.807) is 6.20 Å². The summed E-state index contributed by atoms with van der Waals surface area (Å²) in [5.74, 6) is 0.815. The van der Waals surface area contributed by atoms with Crippen molar-refractivity contribution in [3.63, 3.8) is 0 Å². The highest BCUT2D eigenvalue weighted by Gasteiger charge is 2.03. The number of nitrogen functional groups attached to an aromatic ring is 1. The second-order valence-electron chi connectivity index (χ2n) is 3.63. The second-order valence-corrected chi connectivity index (χ2v) is 3.63. The average Bonchev–Trinajstić information content (AvgIpc) is 2.34. The maximum Gasteiger partial charge on any atom is 0.130 e. The van der Waals surface area contributed by atoms with Crippen LogP contribution in [0.25, 0.3) is 10.9 Å². The molecule has 0 fully saturated rings. The maximum atomic E-state index is 5.71. The highest BCUT2D eigenvalue weighted by atomic mass is 16.5. The normalized spacial score (nSPS) is 10.6. The van der Waals surface area contributed by atoms with Crippen molar-refractivity contribution >= 4 is 16.6 Å². The molecule has 0 unspecified atom stereocenters. The summed E-state index contributed by atoms with van der Waals surface area (Å²) in [7, 11) is 0. The van der Waals surface area contributed by atoms with Gasteiger partial charge >= 0.3 is 0 Å². The number of anilines is 1. The quantitative estimate of drug-likeness (QED) is 0.634. The van der Waals surface area contributed by atoms with E-state index in [9.17, 15) is 0 Å². The molecule has 0 radical (unpaired) electrons. The Morgan fingerprint density at radius 3 is 2.94 bits per heavy atom. The molecule has 17 heavy (non-hydrogen) atoms. The molecule has 2 N–H and O–H groups in total. The standard InChI is InChI=1S/C13H16N2O2/c1-2-16-7-8-17-13-5-6-15-12-9-10(14)3-4-11(12)13/h3-6,9H,2,7-8,14H2,1H3. The van der Waals surface area contributed by atoms with E-state index < -0.39 is 0 Å². The summed E-state index contributed by atoms with van der Waals surface area (Å²) in [6, 6.07) is 7.46. The van der Waals surface area contributed by atoms with Gasteiger partial charge in [-0.2, -0.15) is 0 Å². The van der Waals surface area contributed by atoms with Crippen LogP contribution < -0.4 is 10.5 Å². The monoisotopic (exact) mass is 232 g/mol. The third-order valence-electron chi connectivity index (χ3n) is 2.42. The van der Waals surface area contributed by atoms with Crippen LogP contribution in [-0.2, 0) is 4.74 Å². The van der Waals surface area contributed by atoms with Crippen molar-refractivity contribution in [2.45, 2.75) is 6.92 Å². The Balaban J connectivity index is 2.16. The lowest BCUT2D eigenvalue weighted by molar-refractivity contribution is 0.111. The number of benzene rings is 1. The van der Waals surface area contributed by atoms with Crippen molar-refractivity contribution in [1.29, 1.82) is 0 Å². The molecule has 0 atom stereocenters. The van der Waals surface area contributed by atoms with Gasteiger partial charge in [0, 0.05) is 23.9 Å². The number of hydrogen-bond donors (Lipinski definition) is 1. The first-order chi connectivity index (χ1) is 8.31. The molecule has 1 aromatic heterocycles. The third-order valence-corrected chi connectivity index (χ3v) is 2.42. The number of fused-ring (bicyclic) bond motifs is 1. The fourth-order valence-corrected chi connectivity index (χ4v) is 1.62. The molecule has 90 valence electrons. The van der Waals surface area contributed by atoms with Crippen LogP contribution in [0.3, 0.4) is 0 Å². The van der Waals surface area contributed by atoms with Gasteiger partial charge in [0.15, 0.2) is 0 Å². The predicted octanol–water partition coefficient (Wildman–Crippen LogP) is 2.23. The minimum atomic E-state index is 0.539. The van der Waals surface area contributed by atoms with Gasteiger partial charge in [0.25, 0.3) is 0 Å². The molecule has 0 aliphatic carbocycles. The molecule has 1 heterocycles. The summed E-state index contributed by atoms with van der Waals surface area (Å²) in [5.41, 5.74) is 7.26. The molecule has 0 amide bonds. The average molecular weight is 232 g/mol. The molecule has 2 aromatic rings. The fraction of sp³-hybridized carbons (Fsp3) is 0.308. The minimum absolute atomic E-state index is 0.539. The van der Waals surface area contributed by atoms with Crippen LogP contribution in [0.2, 0.25) is 0 Å². The summed E-state index contributed by atoms with van der Waals surface area (Å²) < 4.78 is 10.9. The number of ether oxygens (including phenoxy) is 2. The lowest BCUT2D eigenvalue weighted by atomic mass is 10.2. The molecule has 0 aliphatic heterocycles. The summed E-state index contributed by atoms with van der Waals surface area (Å²) in [5, 5.41) is 0.971. The van der Waals surface area contributed by atoms with Crippen LogP contribution in [-0.4, -0.2) is 24.8 Å². The van der Waals surface area contributed by atoms with E-state index in [0.29, 0.717) is 25.5 Å². The molecular weight excluding hydrogens is 216 g/mol. The van der Waals surface area contributed by atoms with Gasteiger partial charge in [0.1, 0.15) is 12.4 Å². The molecule has 2 rings (SSSR count). The smallest absolute Gasteiger partial charge is 0.130 e. The van der Waals surface area contributed by atoms with Crippen LogP contribution in [0.5, 0.6) is 5.75 Å². The molecule has 0 saturated heterocycles. The number of hydrogen-bond acceptors (Lipinski definition) is 4. The molecule has 4 nitrogen and oxygen atoms in total. The van der Waals surface area contributed by atoms with Gasteiger partial charge in [-0.15, -0.1) is 0 Å². The number of pyridine rings is 1. The van der Waals surface area contributed by atoms with Gasteiger partial charge in [-0.25, -0.2) is 0 Å². The first-order valence-electron chi connectivity index (χ1n) is 5.66. The first kappa shape index (κ1) is 11.7. The molecule has 0 bridgehead atoms. The zero-order chi connectivity index (χ0) is 12.1. The lowest BCUT2D eigenvalue weighted by Crippen LogP contribution is -2.06. The minimum Gasteiger partial charge on any atom is -0.490 e. The van der Waals surface area contributed by atoms with E-state index in [4.69, 9.17) is 15.2 Å². The number of nitrogens with zero attached hydrogens (tertiary/aromatic N) is 1. The second kappa shape index (κ2) is 5.50. The Morgan fingerprint density at radius 2 is 2.12 bits per heavy atom. The van der Waals surface area contributed by atoms with Crippen molar-refractivity contribution in [3.05, 3.63) is 30.5 Å². The molecule has 0 spiro atoms. The van der Waals surface area contributed by atoms with E-state index in [-0.39, 0.29) is 0 Å². The van der Waals surface area contributed by atoms with Crippen LogP contribution >= 0.6 is 0 Å². The lowest BCUT2D eigenvalue weighted by Gasteiger charge is -2.09. The first-order valence-corrected chi connectivity index (χ1v) is 5.66. The van der Waals surface area contributed by atoms with E-state index in [1.165, 1.54) is 0 Å². The molecule has 1 aromatic carbocycles. The Bertz CT molecular complexity index is 500. The molecule has 0 aliphatic rings. The molecule has 0 saturated carbocycles. The topological polar surface area (TPSA) is 57.4 Å². The molecule has 4 heteroatoms. The Morgan fingerprint density at radius 1 is 1.24 bits per heavy atom. The zero-order valence-corrected chi connectivity index (χ0v) is 9.85. The number of nitrogens with two attached hydrogens (primary N) is 1.